The first-order valence-corrected chi connectivity index (χ1v) is 20.0. The Morgan fingerprint density at radius 2 is 0.981 bits per heavy atom. The van der Waals surface area contributed by atoms with E-state index in [9.17, 15) is 0 Å². The van der Waals surface area contributed by atoms with Gasteiger partial charge in [0.25, 0.3) is 0 Å². The smallest absolute Gasteiger partial charge is 0.0786 e. The first-order valence-electron chi connectivity index (χ1n) is 18.8. The van der Waals surface area contributed by atoms with E-state index in [-0.39, 0.29) is 10.8 Å². The monoisotopic (exact) mass is 739 g/mol. The van der Waals surface area contributed by atoms with Crippen molar-refractivity contribution in [2.45, 2.75) is 67.6 Å². The number of hydrogen-bond acceptors (Lipinski definition) is 2. The molecule has 8 rings (SSSR count). The average molecular weight is 740 g/mol. The maximum absolute atomic E-state index is 7.64. The Morgan fingerprint density at radius 1 is 0.463 bits per heavy atom. The van der Waals surface area contributed by atoms with Crippen LogP contribution >= 0.6 is 23.4 Å². The molecule has 1 aliphatic rings. The molecule has 0 radical (unpaired) electrons. The highest BCUT2D eigenvalue weighted by Gasteiger charge is 2.39. The third kappa shape index (κ3) is 6.57. The summed E-state index contributed by atoms with van der Waals surface area (Å²) in [7, 11) is 0. The van der Waals surface area contributed by atoms with Gasteiger partial charge in [-0.3, -0.25) is 0 Å². The third-order valence-electron chi connectivity index (χ3n) is 10.8. The number of hydrogen-bond donors (Lipinski definition) is 0. The van der Waals surface area contributed by atoms with Crippen LogP contribution in [-0.2, 0) is 16.2 Å². The lowest BCUT2D eigenvalue weighted by Crippen LogP contribution is -2.31. The molecule has 0 amide bonds. The van der Waals surface area contributed by atoms with Crippen molar-refractivity contribution in [2.24, 2.45) is 0 Å². The lowest BCUT2D eigenvalue weighted by atomic mass is 9.65. The summed E-state index contributed by atoms with van der Waals surface area (Å²) < 4.78 is 0. The Kier molecular flexibility index (Phi) is 9.33. The molecular formula is C51H46ClNS. The van der Waals surface area contributed by atoms with Crippen LogP contribution in [0.3, 0.4) is 0 Å². The number of benzene rings is 7. The molecule has 0 fully saturated rings. The molecule has 1 aliphatic heterocycles. The minimum atomic E-state index is -0.590. The van der Waals surface area contributed by atoms with Crippen molar-refractivity contribution in [3.63, 3.8) is 0 Å². The number of anilines is 3. The highest BCUT2D eigenvalue weighted by Crippen LogP contribution is 2.51. The van der Waals surface area contributed by atoms with E-state index < -0.39 is 5.41 Å². The molecule has 0 saturated carbocycles. The Morgan fingerprint density at radius 3 is 1.56 bits per heavy atom. The molecule has 1 heterocycles. The molecule has 1 nitrogen and oxygen atoms in total. The Labute approximate surface area is 330 Å². The van der Waals surface area contributed by atoms with E-state index >= 15 is 0 Å². The van der Waals surface area contributed by atoms with Gasteiger partial charge in [-0.05, 0) is 104 Å². The first-order chi connectivity index (χ1) is 25.9. The van der Waals surface area contributed by atoms with Crippen LogP contribution < -0.4 is 4.90 Å². The van der Waals surface area contributed by atoms with Gasteiger partial charge >= 0.3 is 0 Å². The summed E-state index contributed by atoms with van der Waals surface area (Å²) in [6.45, 7) is 13.6. The van der Waals surface area contributed by atoms with Crippen LogP contribution in [0.2, 0.25) is 5.02 Å². The van der Waals surface area contributed by atoms with Crippen LogP contribution in [0, 0.1) is 0 Å². The largest absolute Gasteiger partial charge is 0.309 e. The minimum absolute atomic E-state index is 0.0264. The normalized spacial score (nSPS) is 13.9. The van der Waals surface area contributed by atoms with Crippen LogP contribution in [0.4, 0.5) is 17.1 Å². The molecule has 0 spiro atoms. The summed E-state index contributed by atoms with van der Waals surface area (Å²) in [5, 5.41) is 0.726. The maximum atomic E-state index is 7.64. The standard InChI is InChI=1S/C51H46ClNS/c1-49(2,3)37-25-23-35(24-26-37)36-31-46-48(52)47(32-36)54-45-22-14-20-42(34-45)51(39-15-9-7-10-16-39,40-17-11-8-12-18-40)41-19-13-21-44(33-41)53(46)43-29-27-38(28-30-43)50(4,5)6/h7-34H,1-6H3. The van der Waals surface area contributed by atoms with Crippen LogP contribution in [0.25, 0.3) is 11.1 Å². The van der Waals surface area contributed by atoms with Crippen LogP contribution in [-0.4, -0.2) is 0 Å². The van der Waals surface area contributed by atoms with Crippen molar-refractivity contribution >= 4 is 40.4 Å². The first kappa shape index (κ1) is 36.0. The van der Waals surface area contributed by atoms with Crippen molar-refractivity contribution in [1.29, 1.82) is 0 Å². The van der Waals surface area contributed by atoms with Gasteiger partial charge in [-0.2, -0.15) is 0 Å². The summed E-state index contributed by atoms with van der Waals surface area (Å²) in [5.41, 5.74) is 12.2. The van der Waals surface area contributed by atoms with E-state index in [1.165, 1.54) is 33.4 Å². The third-order valence-corrected chi connectivity index (χ3v) is 12.3. The fourth-order valence-electron chi connectivity index (χ4n) is 7.86. The zero-order valence-electron chi connectivity index (χ0n) is 31.9. The molecule has 0 unspecified atom stereocenters. The van der Waals surface area contributed by atoms with Crippen molar-refractivity contribution < 1.29 is 0 Å². The molecule has 7 aromatic rings. The molecule has 6 bridgehead atoms. The molecule has 268 valence electrons. The Balaban J connectivity index is 1.45. The molecule has 54 heavy (non-hydrogen) atoms. The SMILES string of the molecule is CC(C)(C)c1ccc(-c2cc3c(Cl)c(c2)N(c2ccc(C(C)(C)C)cc2)c2cccc(c2)C(c2ccccc2)(c2ccccc2)c2cccc(c2)S3)cc1. The zero-order valence-corrected chi connectivity index (χ0v) is 33.5. The lowest BCUT2D eigenvalue weighted by Gasteiger charge is -2.38. The molecule has 0 saturated heterocycles. The summed E-state index contributed by atoms with van der Waals surface area (Å²) in [6, 6.07) is 62.6. The lowest BCUT2D eigenvalue weighted by molar-refractivity contribution is 0.590. The maximum Gasteiger partial charge on any atom is 0.0786 e. The summed E-state index contributed by atoms with van der Waals surface area (Å²) in [6.07, 6.45) is 0. The summed E-state index contributed by atoms with van der Waals surface area (Å²) in [4.78, 5) is 4.50. The second kappa shape index (κ2) is 14.0. The quantitative estimate of drug-likeness (QED) is 0.177. The number of rotatable bonds is 4. The van der Waals surface area contributed by atoms with Crippen molar-refractivity contribution in [1.82, 2.24) is 0 Å². The molecule has 7 aromatic carbocycles. The van der Waals surface area contributed by atoms with Gasteiger partial charge in [0.2, 0.25) is 0 Å². The van der Waals surface area contributed by atoms with E-state index in [2.05, 4.69) is 216 Å². The highest BCUT2D eigenvalue weighted by molar-refractivity contribution is 7.99. The number of nitrogens with zero attached hydrogens (tertiary/aromatic N) is 1. The zero-order chi connectivity index (χ0) is 37.7. The fourth-order valence-corrected chi connectivity index (χ4v) is 9.14. The van der Waals surface area contributed by atoms with Gasteiger partial charge < -0.3 is 4.90 Å². The second-order valence-corrected chi connectivity index (χ2v) is 17.9. The van der Waals surface area contributed by atoms with Gasteiger partial charge in [-0.25, -0.2) is 0 Å². The van der Waals surface area contributed by atoms with Gasteiger partial charge in [-0.15, -0.1) is 0 Å². The number of fused-ring (bicyclic) bond motifs is 6. The second-order valence-electron chi connectivity index (χ2n) is 16.4. The Hall–Kier alpha value is -5.02. The van der Waals surface area contributed by atoms with E-state index in [1.807, 2.05) is 0 Å². The molecule has 3 heteroatoms. The minimum Gasteiger partial charge on any atom is -0.309 e. The highest BCUT2D eigenvalue weighted by atomic mass is 35.5. The fraction of sp³-hybridized carbons (Fsp3) is 0.176. The topological polar surface area (TPSA) is 3.24 Å². The average Bonchev–Trinajstić information content (AvgIpc) is 3.17. The van der Waals surface area contributed by atoms with Crippen molar-refractivity contribution in [2.75, 3.05) is 4.90 Å². The van der Waals surface area contributed by atoms with Crippen molar-refractivity contribution in [3.05, 3.63) is 208 Å². The number of halogens is 1. The van der Waals surface area contributed by atoms with Gasteiger partial charge in [0.05, 0.1) is 16.1 Å². The van der Waals surface area contributed by atoms with Gasteiger partial charge in [-0.1, -0.05) is 186 Å². The molecular weight excluding hydrogens is 694 g/mol. The Bertz CT molecular complexity index is 2380. The van der Waals surface area contributed by atoms with Gasteiger partial charge in [0.1, 0.15) is 0 Å². The molecule has 0 aliphatic carbocycles. The van der Waals surface area contributed by atoms with E-state index in [0.29, 0.717) is 0 Å². The van der Waals surface area contributed by atoms with Crippen LogP contribution in [0.15, 0.2) is 180 Å². The van der Waals surface area contributed by atoms with Crippen molar-refractivity contribution in [3.8, 4) is 11.1 Å². The summed E-state index contributed by atoms with van der Waals surface area (Å²) in [5.74, 6) is 0. The van der Waals surface area contributed by atoms with Crippen LogP contribution in [0.1, 0.15) is 74.9 Å². The van der Waals surface area contributed by atoms with Crippen LogP contribution in [0.5, 0.6) is 0 Å². The van der Waals surface area contributed by atoms with Gasteiger partial charge in [0.15, 0.2) is 0 Å². The van der Waals surface area contributed by atoms with E-state index in [4.69, 9.17) is 11.6 Å². The summed E-state index contributed by atoms with van der Waals surface area (Å²) >= 11 is 9.37. The van der Waals surface area contributed by atoms with Gasteiger partial charge in [0, 0.05) is 21.2 Å². The van der Waals surface area contributed by atoms with E-state index in [0.717, 1.165) is 43.0 Å². The predicted octanol–water partition coefficient (Wildman–Crippen LogP) is 14.9. The molecule has 0 atom stereocenters. The van der Waals surface area contributed by atoms with E-state index in [1.54, 1.807) is 11.8 Å². The molecule has 0 aromatic heterocycles. The predicted molar refractivity (Wildman–Crippen MR) is 231 cm³/mol. The molecule has 0 N–H and O–H groups in total.